The topological polar surface area (TPSA) is 74.9 Å². The van der Waals surface area contributed by atoms with E-state index in [4.69, 9.17) is 4.74 Å². The number of nitrogens with one attached hydrogen (secondary N) is 3. The third-order valence-electron chi connectivity index (χ3n) is 4.66. The van der Waals surface area contributed by atoms with Crippen LogP contribution in [0.1, 0.15) is 11.1 Å². The summed E-state index contributed by atoms with van der Waals surface area (Å²) in [5, 5.41) is 7.95. The molecule has 0 spiro atoms. The largest absolute Gasteiger partial charge is 0.495 e. The normalized spacial score (nSPS) is 10.8. The van der Waals surface area contributed by atoms with Crippen molar-refractivity contribution in [3.63, 3.8) is 0 Å². The molecule has 0 aliphatic carbocycles. The number of hydrogen-bond donors (Lipinski definition) is 3. The van der Waals surface area contributed by atoms with Crippen LogP contribution in [-0.4, -0.2) is 28.6 Å². The average molecular weight is 373 g/mol. The summed E-state index contributed by atoms with van der Waals surface area (Å²) < 4.78 is 5.42. The fourth-order valence-electron chi connectivity index (χ4n) is 3.24. The molecular weight excluding hydrogens is 350 g/mol. The molecule has 6 heteroatoms. The number of aromatic nitrogens is 3. The quantitative estimate of drug-likeness (QED) is 0.439. The molecule has 2 aromatic carbocycles. The second-order valence-corrected chi connectivity index (χ2v) is 6.65. The van der Waals surface area contributed by atoms with Gasteiger partial charge in [-0.05, 0) is 42.7 Å². The molecule has 2 aromatic heterocycles. The summed E-state index contributed by atoms with van der Waals surface area (Å²) in [6, 6.07) is 16.2. The maximum Gasteiger partial charge on any atom is 0.142 e. The zero-order valence-corrected chi connectivity index (χ0v) is 16.0. The number of hydrogen-bond acceptors (Lipinski definition) is 5. The van der Waals surface area contributed by atoms with E-state index >= 15 is 0 Å². The summed E-state index contributed by atoms with van der Waals surface area (Å²) in [5.41, 5.74) is 4.48. The van der Waals surface area contributed by atoms with E-state index in [1.165, 1.54) is 10.9 Å². The van der Waals surface area contributed by atoms with Crippen molar-refractivity contribution >= 4 is 28.2 Å². The maximum absolute atomic E-state index is 5.42. The number of fused-ring (bicyclic) bond motifs is 1. The predicted molar refractivity (Wildman–Crippen MR) is 114 cm³/mol. The van der Waals surface area contributed by atoms with Crippen LogP contribution in [0.5, 0.6) is 5.75 Å². The van der Waals surface area contributed by atoms with Crippen molar-refractivity contribution in [1.82, 2.24) is 15.0 Å². The van der Waals surface area contributed by atoms with Crippen molar-refractivity contribution < 1.29 is 4.74 Å². The number of aryl methyl sites for hydroxylation is 1. The van der Waals surface area contributed by atoms with Gasteiger partial charge < -0.3 is 20.4 Å². The third-order valence-corrected chi connectivity index (χ3v) is 4.66. The van der Waals surface area contributed by atoms with Crippen molar-refractivity contribution in [2.24, 2.45) is 0 Å². The summed E-state index contributed by atoms with van der Waals surface area (Å²) in [6.07, 6.45) is 4.53. The van der Waals surface area contributed by atoms with Gasteiger partial charge in [0.1, 0.15) is 23.7 Å². The highest BCUT2D eigenvalue weighted by Crippen LogP contribution is 2.28. The second kappa shape index (κ2) is 8.00. The van der Waals surface area contributed by atoms with Gasteiger partial charge >= 0.3 is 0 Å². The zero-order valence-electron chi connectivity index (χ0n) is 16.0. The van der Waals surface area contributed by atoms with Gasteiger partial charge in [0.05, 0.1) is 12.8 Å². The molecule has 0 atom stereocenters. The first-order valence-corrected chi connectivity index (χ1v) is 9.25. The van der Waals surface area contributed by atoms with Gasteiger partial charge in [-0.2, -0.15) is 0 Å². The number of methoxy groups -OCH3 is 1. The predicted octanol–water partition coefficient (Wildman–Crippen LogP) is 4.67. The highest BCUT2D eigenvalue weighted by Gasteiger charge is 2.06. The minimum atomic E-state index is 0.716. The summed E-state index contributed by atoms with van der Waals surface area (Å²) in [6.45, 7) is 2.83. The van der Waals surface area contributed by atoms with Gasteiger partial charge in [-0.15, -0.1) is 0 Å². The molecule has 142 valence electrons. The molecule has 0 amide bonds. The van der Waals surface area contributed by atoms with Gasteiger partial charge in [-0.3, -0.25) is 0 Å². The van der Waals surface area contributed by atoms with Crippen LogP contribution >= 0.6 is 0 Å². The van der Waals surface area contributed by atoms with Gasteiger partial charge in [0.15, 0.2) is 0 Å². The van der Waals surface area contributed by atoms with Gasteiger partial charge in [-0.1, -0.05) is 24.3 Å². The minimum absolute atomic E-state index is 0.716. The SMILES string of the molecule is COc1ccc(C)cc1Nc1cc(NCCc2c[nH]c3ccccc23)ncn1. The zero-order chi connectivity index (χ0) is 19.3. The fourth-order valence-corrected chi connectivity index (χ4v) is 3.24. The highest BCUT2D eigenvalue weighted by molar-refractivity contribution is 5.83. The Kier molecular flexibility index (Phi) is 5.10. The van der Waals surface area contributed by atoms with E-state index < -0.39 is 0 Å². The van der Waals surface area contributed by atoms with E-state index in [0.29, 0.717) is 5.82 Å². The smallest absolute Gasteiger partial charge is 0.142 e. The molecule has 0 fully saturated rings. The van der Waals surface area contributed by atoms with E-state index in [-0.39, 0.29) is 0 Å². The van der Waals surface area contributed by atoms with Crippen LogP contribution in [0, 0.1) is 6.92 Å². The molecule has 0 radical (unpaired) electrons. The van der Waals surface area contributed by atoms with E-state index in [1.807, 2.05) is 37.3 Å². The van der Waals surface area contributed by atoms with Crippen LogP contribution in [0.15, 0.2) is 61.1 Å². The monoisotopic (exact) mass is 373 g/mol. The van der Waals surface area contributed by atoms with Crippen molar-refractivity contribution in [2.45, 2.75) is 13.3 Å². The molecule has 0 aliphatic rings. The Morgan fingerprint density at radius 2 is 1.89 bits per heavy atom. The van der Waals surface area contributed by atoms with Crippen LogP contribution in [0.3, 0.4) is 0 Å². The summed E-state index contributed by atoms with van der Waals surface area (Å²) in [4.78, 5) is 12.0. The number of H-pyrrole nitrogens is 1. The molecular formula is C22H23N5O. The maximum atomic E-state index is 5.42. The lowest BCUT2D eigenvalue weighted by atomic mass is 10.1. The van der Waals surface area contributed by atoms with Gasteiger partial charge in [-0.25, -0.2) is 9.97 Å². The number of rotatable bonds is 7. The van der Waals surface area contributed by atoms with E-state index in [0.717, 1.165) is 41.3 Å². The highest BCUT2D eigenvalue weighted by atomic mass is 16.5. The van der Waals surface area contributed by atoms with E-state index in [9.17, 15) is 0 Å². The molecule has 0 unspecified atom stereocenters. The van der Waals surface area contributed by atoms with Crippen LogP contribution < -0.4 is 15.4 Å². The van der Waals surface area contributed by atoms with Gasteiger partial charge in [0.25, 0.3) is 0 Å². The number of para-hydroxylation sites is 1. The number of nitrogens with zero attached hydrogens (tertiary/aromatic N) is 2. The minimum Gasteiger partial charge on any atom is -0.495 e. The molecule has 0 saturated heterocycles. The number of benzene rings is 2. The Balaban J connectivity index is 1.42. The van der Waals surface area contributed by atoms with Crippen LogP contribution in [0.25, 0.3) is 10.9 Å². The van der Waals surface area contributed by atoms with E-state index in [1.54, 1.807) is 13.4 Å². The molecule has 0 bridgehead atoms. The van der Waals surface area contributed by atoms with E-state index in [2.05, 4.69) is 50.0 Å². The molecule has 3 N–H and O–H groups in total. The molecule has 6 nitrogen and oxygen atoms in total. The first kappa shape index (κ1) is 17.9. The number of anilines is 3. The van der Waals surface area contributed by atoms with Crippen molar-refractivity contribution in [2.75, 3.05) is 24.3 Å². The Morgan fingerprint density at radius 3 is 2.79 bits per heavy atom. The lowest BCUT2D eigenvalue weighted by molar-refractivity contribution is 0.416. The van der Waals surface area contributed by atoms with Crippen LogP contribution in [0.4, 0.5) is 17.3 Å². The summed E-state index contributed by atoms with van der Waals surface area (Å²) >= 11 is 0. The lowest BCUT2D eigenvalue weighted by Gasteiger charge is -2.12. The standard InChI is InChI=1S/C22H23N5O/c1-15-7-8-20(28-2)19(11-15)27-22-12-21(25-14-26-22)23-10-9-16-13-24-18-6-4-3-5-17(16)18/h3-8,11-14,24H,9-10H2,1-2H3,(H2,23,25,26,27). The average Bonchev–Trinajstić information content (AvgIpc) is 3.12. The van der Waals surface area contributed by atoms with Crippen molar-refractivity contribution in [3.05, 3.63) is 72.2 Å². The van der Waals surface area contributed by atoms with Crippen LogP contribution in [-0.2, 0) is 6.42 Å². The first-order valence-electron chi connectivity index (χ1n) is 9.25. The van der Waals surface area contributed by atoms with Crippen LogP contribution in [0.2, 0.25) is 0 Å². The summed E-state index contributed by atoms with van der Waals surface area (Å²) in [7, 11) is 1.66. The molecule has 28 heavy (non-hydrogen) atoms. The van der Waals surface area contributed by atoms with Gasteiger partial charge in [0.2, 0.25) is 0 Å². The molecule has 2 heterocycles. The number of ether oxygens (including phenoxy) is 1. The van der Waals surface area contributed by atoms with Crippen molar-refractivity contribution in [1.29, 1.82) is 0 Å². The molecule has 0 aliphatic heterocycles. The first-order chi connectivity index (χ1) is 13.7. The Hall–Kier alpha value is -3.54. The third kappa shape index (κ3) is 3.91. The Bertz CT molecular complexity index is 1090. The summed E-state index contributed by atoms with van der Waals surface area (Å²) in [5.74, 6) is 2.27. The number of aromatic amines is 1. The molecule has 0 saturated carbocycles. The Morgan fingerprint density at radius 1 is 1.04 bits per heavy atom. The fraction of sp³-hybridized carbons (Fsp3) is 0.182. The Labute approximate surface area is 164 Å². The molecule has 4 aromatic rings. The molecule has 4 rings (SSSR count). The second-order valence-electron chi connectivity index (χ2n) is 6.65. The lowest BCUT2D eigenvalue weighted by Crippen LogP contribution is -2.07. The van der Waals surface area contributed by atoms with Crippen molar-refractivity contribution in [3.8, 4) is 5.75 Å². The van der Waals surface area contributed by atoms with Gasteiger partial charge in [0, 0.05) is 29.7 Å².